The molecule has 18 heteroatoms. The molecule has 0 heterocycles. The van der Waals surface area contributed by atoms with Gasteiger partial charge in [-0.25, -0.2) is 0 Å². The number of nitrogens with zero attached hydrogens (tertiary/aromatic N) is 2. The summed E-state index contributed by atoms with van der Waals surface area (Å²) >= 11 is 0. The average molecular weight is 643 g/mol. The van der Waals surface area contributed by atoms with E-state index in [1.807, 2.05) is 13.8 Å². The molecule has 0 saturated heterocycles. The summed E-state index contributed by atoms with van der Waals surface area (Å²) in [6, 6.07) is -3.10. The molecule has 6 amide bonds. The quantitative estimate of drug-likeness (QED) is 0.0380. The highest BCUT2D eigenvalue weighted by Crippen LogP contribution is 2.07. The Morgan fingerprint density at radius 3 is 1.29 bits per heavy atom. The van der Waals surface area contributed by atoms with E-state index in [0.29, 0.717) is 45.2 Å². The van der Waals surface area contributed by atoms with Gasteiger partial charge in [0.15, 0.2) is 11.9 Å². The summed E-state index contributed by atoms with van der Waals surface area (Å²) in [6.45, 7) is 10.8. The Morgan fingerprint density at radius 2 is 0.978 bits per heavy atom. The van der Waals surface area contributed by atoms with Crippen molar-refractivity contribution in [3.05, 3.63) is 0 Å². The van der Waals surface area contributed by atoms with E-state index >= 15 is 0 Å². The third kappa shape index (κ3) is 22.5. The van der Waals surface area contributed by atoms with E-state index in [4.69, 9.17) is 34.4 Å². The van der Waals surface area contributed by atoms with Gasteiger partial charge in [-0.1, -0.05) is 27.7 Å². The monoisotopic (exact) mass is 642 g/mol. The fourth-order valence-corrected chi connectivity index (χ4v) is 3.81. The molecule has 0 aromatic rings. The van der Waals surface area contributed by atoms with E-state index in [1.54, 1.807) is 13.8 Å². The normalized spacial score (nSPS) is 13.1. The van der Waals surface area contributed by atoms with Crippen molar-refractivity contribution in [1.82, 2.24) is 21.3 Å². The Hall–Kier alpha value is -4.64. The van der Waals surface area contributed by atoms with Gasteiger partial charge < -0.3 is 55.7 Å². The molecule has 18 nitrogen and oxygen atoms in total. The molecular formula is C27H54N12O6. The van der Waals surface area contributed by atoms with E-state index in [-0.39, 0.29) is 35.6 Å². The molecule has 0 aliphatic rings. The Bertz CT molecular complexity index is 1040. The minimum Gasteiger partial charge on any atom is -0.370 e. The second kappa shape index (κ2) is 22.8. The van der Waals surface area contributed by atoms with Gasteiger partial charge in [0.25, 0.3) is 0 Å². The van der Waals surface area contributed by atoms with Gasteiger partial charge in [-0.2, -0.15) is 0 Å². The van der Waals surface area contributed by atoms with E-state index < -0.39 is 47.8 Å². The molecule has 0 aromatic heterocycles. The maximum absolute atomic E-state index is 12.3. The summed E-state index contributed by atoms with van der Waals surface area (Å²) in [6.07, 6.45) is 2.05. The van der Waals surface area contributed by atoms with Crippen LogP contribution in [0.15, 0.2) is 9.98 Å². The Balaban J connectivity index is 0. The molecule has 0 radical (unpaired) electrons. The van der Waals surface area contributed by atoms with Crippen molar-refractivity contribution in [3.8, 4) is 0 Å². The summed E-state index contributed by atoms with van der Waals surface area (Å²) in [5.74, 6) is -2.80. The van der Waals surface area contributed by atoms with E-state index in [9.17, 15) is 28.8 Å². The van der Waals surface area contributed by atoms with Crippen molar-refractivity contribution < 1.29 is 28.8 Å². The minimum absolute atomic E-state index is 0.0349. The van der Waals surface area contributed by atoms with Crippen LogP contribution >= 0.6 is 0 Å². The number of carbonyl (C=O) groups excluding carboxylic acids is 6. The summed E-state index contributed by atoms with van der Waals surface area (Å²) in [5.41, 5.74) is 31.4. The molecule has 258 valence electrons. The first-order chi connectivity index (χ1) is 20.8. The highest BCUT2D eigenvalue weighted by atomic mass is 16.2. The molecule has 16 N–H and O–H groups in total. The third-order valence-electron chi connectivity index (χ3n) is 5.92. The minimum atomic E-state index is -0.836. The van der Waals surface area contributed by atoms with Gasteiger partial charge in [-0.05, 0) is 43.9 Å². The van der Waals surface area contributed by atoms with Crippen LogP contribution in [0.25, 0.3) is 0 Å². The van der Waals surface area contributed by atoms with Crippen LogP contribution in [-0.4, -0.2) is 84.6 Å². The fourth-order valence-electron chi connectivity index (χ4n) is 3.81. The first-order valence-electron chi connectivity index (χ1n) is 14.6. The van der Waals surface area contributed by atoms with Gasteiger partial charge in [0.2, 0.25) is 35.4 Å². The van der Waals surface area contributed by atoms with Crippen LogP contribution in [0.1, 0.15) is 73.6 Å². The van der Waals surface area contributed by atoms with Gasteiger partial charge in [0.05, 0.1) is 0 Å². The van der Waals surface area contributed by atoms with Crippen molar-refractivity contribution in [2.45, 2.75) is 97.8 Å². The summed E-state index contributed by atoms with van der Waals surface area (Å²) < 4.78 is 0. The molecule has 0 spiro atoms. The molecule has 0 bridgehead atoms. The number of primary amides is 2. The first kappa shape index (κ1) is 42.5. The number of carbonyl (C=O) groups is 6. The number of nitrogens with one attached hydrogen (secondary N) is 4. The number of hydrogen-bond donors (Lipinski definition) is 10. The smallest absolute Gasteiger partial charge is 0.243 e. The summed E-state index contributed by atoms with van der Waals surface area (Å²) in [4.78, 5) is 77.3. The molecule has 0 aliphatic carbocycles. The van der Waals surface area contributed by atoms with Gasteiger partial charge in [-0.3, -0.25) is 38.8 Å². The second-order valence-corrected chi connectivity index (χ2v) is 11.1. The Kier molecular flexibility index (Phi) is 21.6. The van der Waals surface area contributed by atoms with Crippen molar-refractivity contribution in [3.63, 3.8) is 0 Å². The van der Waals surface area contributed by atoms with Crippen LogP contribution in [0.4, 0.5) is 0 Å². The summed E-state index contributed by atoms with van der Waals surface area (Å²) in [7, 11) is 0. The molecule has 0 aliphatic heterocycles. The lowest BCUT2D eigenvalue weighted by atomic mass is 10.0. The van der Waals surface area contributed by atoms with Gasteiger partial charge in [0, 0.05) is 26.9 Å². The van der Waals surface area contributed by atoms with Crippen LogP contribution in [0.2, 0.25) is 0 Å². The average Bonchev–Trinajstić information content (AvgIpc) is 2.89. The van der Waals surface area contributed by atoms with Crippen LogP contribution < -0.4 is 55.7 Å². The maximum atomic E-state index is 12.3. The van der Waals surface area contributed by atoms with Crippen LogP contribution in [0, 0.1) is 11.8 Å². The second-order valence-electron chi connectivity index (χ2n) is 11.1. The van der Waals surface area contributed by atoms with Gasteiger partial charge >= 0.3 is 0 Å². The molecule has 0 saturated carbocycles. The fraction of sp³-hybridized carbons (Fsp3) is 0.704. The number of guanidine groups is 2. The van der Waals surface area contributed by atoms with E-state index in [0.717, 1.165) is 0 Å². The summed E-state index contributed by atoms with van der Waals surface area (Å²) in [5, 5.41) is 10.3. The molecule has 0 fully saturated rings. The first-order valence-corrected chi connectivity index (χ1v) is 14.6. The van der Waals surface area contributed by atoms with Crippen molar-refractivity contribution >= 4 is 47.4 Å². The topological polar surface area (TPSA) is 331 Å². The molecule has 4 atom stereocenters. The number of aliphatic imine (C=N–C) groups is 2. The van der Waals surface area contributed by atoms with Gasteiger partial charge in [0.1, 0.15) is 24.2 Å². The highest BCUT2D eigenvalue weighted by Gasteiger charge is 2.27. The van der Waals surface area contributed by atoms with E-state index in [2.05, 4.69) is 31.3 Å². The standard InChI is InChI=1S/C14H28N6O3.C13H26N6O3/c1-8(2)7-11(19-9(3)21)13(23)20-10(12(15)22)5-4-6-18-14(16)17;1-7(2)10(18-8(3)20)12(22)19-9(11(14)21)5-4-6-17-13(15)16/h8,10-11H,4-7H2,1-3H3,(H2,15,22)(H,19,21)(H,20,23)(H4,16,17,18);7,9-10H,4-6H2,1-3H3,(H2,14,21)(H,18,20)(H,19,22)(H4,15,16,17)/t10-,11+;9-,10+/m00/s1. The van der Waals surface area contributed by atoms with Crippen LogP contribution in [-0.2, 0) is 28.8 Å². The Labute approximate surface area is 264 Å². The SMILES string of the molecule is CC(=O)N[C@@H](C(=O)N[C@@H](CCCN=C(N)N)C(N)=O)C(C)C.CC(=O)N[C@H](CC(C)C)C(=O)N[C@@H](CCCN=C(N)N)C(N)=O. The number of rotatable bonds is 19. The molecule has 0 rings (SSSR count). The highest BCUT2D eigenvalue weighted by molar-refractivity contribution is 5.92. The Morgan fingerprint density at radius 1 is 0.578 bits per heavy atom. The lowest BCUT2D eigenvalue weighted by Crippen LogP contribution is -2.54. The number of nitrogens with two attached hydrogens (primary N) is 6. The predicted octanol–water partition coefficient (Wildman–Crippen LogP) is -3.27. The third-order valence-corrected chi connectivity index (χ3v) is 5.92. The lowest BCUT2D eigenvalue weighted by molar-refractivity contribution is -0.131. The van der Waals surface area contributed by atoms with Gasteiger partial charge in [-0.15, -0.1) is 0 Å². The maximum Gasteiger partial charge on any atom is 0.243 e. The number of amides is 6. The largest absolute Gasteiger partial charge is 0.370 e. The zero-order valence-corrected chi connectivity index (χ0v) is 27.2. The number of hydrogen-bond acceptors (Lipinski definition) is 8. The van der Waals surface area contributed by atoms with Crippen molar-refractivity contribution in [2.24, 2.45) is 56.2 Å². The van der Waals surface area contributed by atoms with Crippen LogP contribution in [0.3, 0.4) is 0 Å². The zero-order valence-electron chi connectivity index (χ0n) is 27.2. The molecule has 45 heavy (non-hydrogen) atoms. The van der Waals surface area contributed by atoms with Crippen molar-refractivity contribution in [1.29, 1.82) is 0 Å². The predicted molar refractivity (Wildman–Crippen MR) is 172 cm³/mol. The zero-order chi connectivity index (χ0) is 35.3. The van der Waals surface area contributed by atoms with Crippen molar-refractivity contribution in [2.75, 3.05) is 13.1 Å². The lowest BCUT2D eigenvalue weighted by Gasteiger charge is -2.23. The molecular weight excluding hydrogens is 588 g/mol. The molecule has 0 unspecified atom stereocenters. The van der Waals surface area contributed by atoms with E-state index in [1.165, 1.54) is 13.8 Å². The molecule has 0 aromatic carbocycles. The van der Waals surface area contributed by atoms with Crippen LogP contribution in [0.5, 0.6) is 0 Å².